The molecule has 1 aromatic rings. The molecule has 1 aliphatic rings. The molecular weight excluding hydrogens is 378 g/mol. The molecule has 0 spiro atoms. The lowest BCUT2D eigenvalue weighted by Gasteiger charge is -2.31. The van der Waals surface area contributed by atoms with Crippen LogP contribution in [-0.2, 0) is 4.79 Å². The van der Waals surface area contributed by atoms with Gasteiger partial charge in [0.15, 0.2) is 11.5 Å². The highest BCUT2D eigenvalue weighted by molar-refractivity contribution is 5.99. The average molecular weight is 407 g/mol. The zero-order valence-electron chi connectivity index (χ0n) is 17.2. The van der Waals surface area contributed by atoms with Crippen molar-refractivity contribution >= 4 is 17.5 Å². The van der Waals surface area contributed by atoms with Crippen molar-refractivity contribution in [3.05, 3.63) is 27.8 Å². The van der Waals surface area contributed by atoms with Crippen LogP contribution in [0.15, 0.2) is 12.1 Å². The predicted molar refractivity (Wildman–Crippen MR) is 107 cm³/mol. The first-order chi connectivity index (χ1) is 13.9. The van der Waals surface area contributed by atoms with Crippen LogP contribution in [0, 0.1) is 16.0 Å². The Morgan fingerprint density at radius 1 is 1.17 bits per heavy atom. The molecule has 1 heterocycles. The molecule has 1 fully saturated rings. The van der Waals surface area contributed by atoms with E-state index in [1.807, 2.05) is 0 Å². The largest absolute Gasteiger partial charge is 0.493 e. The summed E-state index contributed by atoms with van der Waals surface area (Å²) in [5.41, 5.74) is -0.376. The molecule has 2 rings (SSSR count). The molecular formula is C20H29N3O6. The second-order valence-corrected chi connectivity index (χ2v) is 7.05. The highest BCUT2D eigenvalue weighted by Gasteiger charge is 2.32. The first-order valence-corrected chi connectivity index (χ1v) is 9.90. The maximum atomic E-state index is 12.9. The number of nitrogens with one attached hydrogen (secondary N) is 1. The van der Waals surface area contributed by atoms with Crippen molar-refractivity contribution in [2.24, 2.45) is 5.92 Å². The second-order valence-electron chi connectivity index (χ2n) is 7.05. The highest BCUT2D eigenvalue weighted by atomic mass is 16.6. The number of likely N-dealkylation sites (tertiary alicyclic amines) is 1. The van der Waals surface area contributed by atoms with E-state index in [4.69, 9.17) is 9.47 Å². The van der Waals surface area contributed by atoms with Gasteiger partial charge in [-0.15, -0.1) is 0 Å². The SMILES string of the molecule is CCCCCNC(=O)C1CCN(C(=O)c2cc(OC)c(OC)cc2[N+](=O)[O-])CC1. The average Bonchev–Trinajstić information content (AvgIpc) is 2.75. The Morgan fingerprint density at radius 3 is 2.34 bits per heavy atom. The van der Waals surface area contributed by atoms with E-state index in [0.717, 1.165) is 19.3 Å². The summed E-state index contributed by atoms with van der Waals surface area (Å²) in [6, 6.07) is 2.54. The number of amides is 2. The van der Waals surface area contributed by atoms with Gasteiger partial charge in [0.25, 0.3) is 11.6 Å². The zero-order valence-corrected chi connectivity index (χ0v) is 17.2. The number of hydrogen-bond acceptors (Lipinski definition) is 6. The van der Waals surface area contributed by atoms with Gasteiger partial charge in [-0.1, -0.05) is 19.8 Å². The number of benzene rings is 1. The maximum Gasteiger partial charge on any atom is 0.286 e. The van der Waals surface area contributed by atoms with Crippen molar-refractivity contribution in [3.8, 4) is 11.5 Å². The molecule has 2 amide bonds. The molecule has 0 aromatic heterocycles. The third kappa shape index (κ3) is 5.58. The minimum absolute atomic E-state index is 0.0188. The lowest BCUT2D eigenvalue weighted by atomic mass is 9.95. The first kappa shape index (κ1) is 22.4. The Bertz CT molecular complexity index is 744. The fraction of sp³-hybridized carbons (Fsp3) is 0.600. The minimum atomic E-state index is -0.605. The number of methoxy groups -OCH3 is 2. The Kier molecular flexibility index (Phi) is 8.23. The third-order valence-electron chi connectivity index (χ3n) is 5.16. The second kappa shape index (κ2) is 10.6. The number of hydrogen-bond donors (Lipinski definition) is 1. The molecule has 1 N–H and O–H groups in total. The van der Waals surface area contributed by atoms with Gasteiger partial charge in [-0.2, -0.15) is 0 Å². The summed E-state index contributed by atoms with van der Waals surface area (Å²) in [5.74, 6) is -0.122. The summed E-state index contributed by atoms with van der Waals surface area (Å²) in [6.07, 6.45) is 4.21. The van der Waals surface area contributed by atoms with E-state index in [1.54, 1.807) is 4.90 Å². The van der Waals surface area contributed by atoms with Crippen LogP contribution in [0.4, 0.5) is 5.69 Å². The number of ether oxygens (including phenoxy) is 2. The zero-order chi connectivity index (χ0) is 21.4. The van der Waals surface area contributed by atoms with Gasteiger partial charge >= 0.3 is 0 Å². The summed E-state index contributed by atoms with van der Waals surface area (Å²) in [4.78, 5) is 37.6. The van der Waals surface area contributed by atoms with Gasteiger partial charge < -0.3 is 19.7 Å². The number of carbonyl (C=O) groups is 2. The van der Waals surface area contributed by atoms with Crippen LogP contribution in [0.2, 0.25) is 0 Å². The van der Waals surface area contributed by atoms with Crippen LogP contribution in [0.1, 0.15) is 49.4 Å². The fourth-order valence-corrected chi connectivity index (χ4v) is 3.44. The van der Waals surface area contributed by atoms with Gasteiger partial charge in [0.1, 0.15) is 5.56 Å². The fourth-order valence-electron chi connectivity index (χ4n) is 3.44. The normalized spacial score (nSPS) is 14.4. The van der Waals surface area contributed by atoms with E-state index < -0.39 is 10.8 Å². The van der Waals surface area contributed by atoms with Gasteiger partial charge in [-0.05, 0) is 19.3 Å². The standard InChI is InChI=1S/C20H29N3O6/c1-4-5-6-9-21-19(24)14-7-10-22(11-8-14)20(25)15-12-17(28-2)18(29-3)13-16(15)23(26)27/h12-14H,4-11H2,1-3H3,(H,21,24). The van der Waals surface area contributed by atoms with Crippen LogP contribution in [0.25, 0.3) is 0 Å². The van der Waals surface area contributed by atoms with Crippen molar-refractivity contribution in [3.63, 3.8) is 0 Å². The van der Waals surface area contributed by atoms with Crippen molar-refractivity contribution in [2.75, 3.05) is 33.9 Å². The smallest absolute Gasteiger partial charge is 0.286 e. The molecule has 0 aliphatic carbocycles. The Labute approximate surface area is 170 Å². The van der Waals surface area contributed by atoms with Gasteiger partial charge in [0, 0.05) is 31.6 Å². The number of nitro benzene ring substituents is 1. The number of nitro groups is 1. The van der Waals surface area contributed by atoms with Gasteiger partial charge in [-0.25, -0.2) is 0 Å². The van der Waals surface area contributed by atoms with E-state index in [9.17, 15) is 19.7 Å². The third-order valence-corrected chi connectivity index (χ3v) is 5.16. The lowest BCUT2D eigenvalue weighted by molar-refractivity contribution is -0.385. The summed E-state index contributed by atoms with van der Waals surface area (Å²) >= 11 is 0. The molecule has 0 bridgehead atoms. The van der Waals surface area contributed by atoms with Crippen LogP contribution >= 0.6 is 0 Å². The summed E-state index contributed by atoms with van der Waals surface area (Å²) in [7, 11) is 2.78. The number of piperidine rings is 1. The summed E-state index contributed by atoms with van der Waals surface area (Å²) in [5, 5.41) is 14.4. The Hall–Kier alpha value is -2.84. The van der Waals surface area contributed by atoms with Crippen LogP contribution < -0.4 is 14.8 Å². The number of rotatable bonds is 9. The highest BCUT2D eigenvalue weighted by Crippen LogP contribution is 2.35. The van der Waals surface area contributed by atoms with Gasteiger partial charge in [0.05, 0.1) is 25.2 Å². The van der Waals surface area contributed by atoms with Crippen LogP contribution in [0.5, 0.6) is 11.5 Å². The summed E-state index contributed by atoms with van der Waals surface area (Å²) in [6.45, 7) is 3.52. The van der Waals surface area contributed by atoms with Crippen LogP contribution in [0.3, 0.4) is 0 Å². The first-order valence-electron chi connectivity index (χ1n) is 9.90. The minimum Gasteiger partial charge on any atom is -0.493 e. The van der Waals surface area contributed by atoms with E-state index in [-0.39, 0.29) is 34.6 Å². The number of unbranched alkanes of at least 4 members (excludes halogenated alkanes) is 2. The monoisotopic (exact) mass is 407 g/mol. The van der Waals surface area contributed by atoms with Crippen molar-refractivity contribution in [1.82, 2.24) is 10.2 Å². The molecule has 1 aromatic carbocycles. The number of carbonyl (C=O) groups excluding carboxylic acids is 2. The summed E-state index contributed by atoms with van der Waals surface area (Å²) < 4.78 is 10.3. The van der Waals surface area contributed by atoms with Crippen LogP contribution in [-0.4, -0.2) is 55.5 Å². The van der Waals surface area contributed by atoms with Crippen molar-refractivity contribution < 1.29 is 24.0 Å². The van der Waals surface area contributed by atoms with Crippen molar-refractivity contribution in [1.29, 1.82) is 0 Å². The Morgan fingerprint density at radius 2 is 1.79 bits per heavy atom. The molecule has 9 heteroatoms. The number of nitrogens with zero attached hydrogens (tertiary/aromatic N) is 2. The molecule has 0 unspecified atom stereocenters. The van der Waals surface area contributed by atoms with E-state index >= 15 is 0 Å². The Balaban J connectivity index is 2.05. The molecule has 1 aliphatic heterocycles. The topological polar surface area (TPSA) is 111 Å². The lowest BCUT2D eigenvalue weighted by Crippen LogP contribution is -2.43. The van der Waals surface area contributed by atoms with Gasteiger partial charge in [0.2, 0.25) is 5.91 Å². The molecule has 29 heavy (non-hydrogen) atoms. The van der Waals surface area contributed by atoms with E-state index in [2.05, 4.69) is 12.2 Å². The quantitative estimate of drug-likeness (QED) is 0.383. The molecule has 1 saturated heterocycles. The molecule has 9 nitrogen and oxygen atoms in total. The van der Waals surface area contributed by atoms with Crippen molar-refractivity contribution in [2.45, 2.75) is 39.0 Å². The predicted octanol–water partition coefficient (Wildman–Crippen LogP) is 2.77. The molecule has 0 saturated carbocycles. The van der Waals surface area contributed by atoms with Gasteiger partial charge in [-0.3, -0.25) is 19.7 Å². The molecule has 0 radical (unpaired) electrons. The van der Waals surface area contributed by atoms with E-state index in [1.165, 1.54) is 26.4 Å². The molecule has 0 atom stereocenters. The maximum absolute atomic E-state index is 12.9. The van der Waals surface area contributed by atoms with E-state index in [0.29, 0.717) is 32.5 Å². The molecule has 160 valence electrons.